The van der Waals surface area contributed by atoms with Crippen molar-refractivity contribution < 1.29 is 9.47 Å². The van der Waals surface area contributed by atoms with Crippen molar-refractivity contribution in [3.8, 4) is 0 Å². The summed E-state index contributed by atoms with van der Waals surface area (Å²) >= 11 is 0. The van der Waals surface area contributed by atoms with Gasteiger partial charge < -0.3 is 20.5 Å². The Morgan fingerprint density at radius 3 is 2.29 bits per heavy atom. The highest BCUT2D eigenvalue weighted by Gasteiger charge is 2.56. The van der Waals surface area contributed by atoms with Gasteiger partial charge in [-0.05, 0) is 41.0 Å². The molecule has 0 amide bonds. The van der Waals surface area contributed by atoms with Gasteiger partial charge >= 0.3 is 0 Å². The van der Waals surface area contributed by atoms with Crippen molar-refractivity contribution in [1.29, 1.82) is 0 Å². The zero-order valence-electron chi connectivity index (χ0n) is 12.1. The molecule has 17 heavy (non-hydrogen) atoms. The molecule has 0 aromatic heterocycles. The molecule has 3 N–H and O–H groups in total. The van der Waals surface area contributed by atoms with Crippen LogP contribution in [0.5, 0.6) is 0 Å². The highest BCUT2D eigenvalue weighted by Crippen LogP contribution is 2.44. The highest BCUT2D eigenvalue weighted by atomic mass is 16.5. The van der Waals surface area contributed by atoms with E-state index in [4.69, 9.17) is 15.2 Å². The molecule has 1 saturated heterocycles. The third kappa shape index (κ3) is 2.99. The van der Waals surface area contributed by atoms with Crippen LogP contribution in [0.25, 0.3) is 0 Å². The van der Waals surface area contributed by atoms with Crippen molar-refractivity contribution in [2.45, 2.75) is 63.9 Å². The molecule has 2 unspecified atom stereocenters. The van der Waals surface area contributed by atoms with Gasteiger partial charge in [-0.3, -0.25) is 0 Å². The monoisotopic (exact) mass is 244 g/mol. The summed E-state index contributed by atoms with van der Waals surface area (Å²) in [7, 11) is 1.72. The SMILES string of the molecule is COC(C)CNC1(CN)CC(C)(C)OC1(C)C. The normalized spacial score (nSPS) is 32.6. The average molecular weight is 244 g/mol. The zero-order chi connectivity index (χ0) is 13.3. The third-order valence-electron chi connectivity index (χ3n) is 3.89. The summed E-state index contributed by atoms with van der Waals surface area (Å²) < 4.78 is 11.4. The second-order valence-corrected chi connectivity index (χ2v) is 6.26. The maximum Gasteiger partial charge on any atom is 0.0827 e. The van der Waals surface area contributed by atoms with E-state index < -0.39 is 0 Å². The lowest BCUT2D eigenvalue weighted by molar-refractivity contribution is -0.0829. The molecule has 1 heterocycles. The van der Waals surface area contributed by atoms with Crippen LogP contribution in [0.1, 0.15) is 41.0 Å². The van der Waals surface area contributed by atoms with E-state index in [0.717, 1.165) is 13.0 Å². The Kier molecular flexibility index (Phi) is 4.24. The minimum atomic E-state index is -0.265. The van der Waals surface area contributed by atoms with E-state index in [1.165, 1.54) is 0 Å². The summed E-state index contributed by atoms with van der Waals surface area (Å²) in [5.41, 5.74) is 5.43. The highest BCUT2D eigenvalue weighted by molar-refractivity contribution is 5.12. The molecule has 1 aliphatic rings. The van der Waals surface area contributed by atoms with Crippen LogP contribution >= 0.6 is 0 Å². The first-order chi connectivity index (χ1) is 7.68. The zero-order valence-corrected chi connectivity index (χ0v) is 12.1. The maximum absolute atomic E-state index is 6.13. The Morgan fingerprint density at radius 2 is 1.94 bits per heavy atom. The first-order valence-electron chi connectivity index (χ1n) is 6.36. The van der Waals surface area contributed by atoms with Crippen molar-refractivity contribution in [3.63, 3.8) is 0 Å². The Labute approximate surface area is 105 Å². The summed E-state index contributed by atoms with van der Waals surface area (Å²) in [6, 6.07) is 0. The predicted octanol–water partition coefficient (Wildman–Crippen LogP) is 1.29. The van der Waals surface area contributed by atoms with Crippen LogP contribution in [0.15, 0.2) is 0 Å². The summed E-state index contributed by atoms with van der Waals surface area (Å²) in [5, 5.41) is 3.57. The fourth-order valence-electron chi connectivity index (χ4n) is 2.85. The van der Waals surface area contributed by atoms with Gasteiger partial charge in [0.15, 0.2) is 0 Å². The molecule has 1 aliphatic heterocycles. The standard InChI is InChI=1S/C13H28N2O2/c1-10(16-6)7-15-13(9-14)8-11(2,3)17-12(13,4)5/h10,15H,7-9,14H2,1-6H3. The van der Waals surface area contributed by atoms with E-state index in [1.54, 1.807) is 7.11 Å². The van der Waals surface area contributed by atoms with Gasteiger partial charge in [0.2, 0.25) is 0 Å². The van der Waals surface area contributed by atoms with Gasteiger partial charge in [0, 0.05) is 20.2 Å². The fraction of sp³-hybridized carbons (Fsp3) is 1.00. The number of hydrogen-bond acceptors (Lipinski definition) is 4. The Morgan fingerprint density at radius 1 is 1.35 bits per heavy atom. The second kappa shape index (κ2) is 4.84. The van der Waals surface area contributed by atoms with Crippen molar-refractivity contribution in [3.05, 3.63) is 0 Å². The van der Waals surface area contributed by atoms with Crippen LogP contribution in [0.2, 0.25) is 0 Å². The topological polar surface area (TPSA) is 56.5 Å². The Balaban J connectivity index is 2.80. The number of methoxy groups -OCH3 is 1. The lowest BCUT2D eigenvalue weighted by Gasteiger charge is -2.40. The number of ether oxygens (including phenoxy) is 2. The van der Waals surface area contributed by atoms with Gasteiger partial charge in [0.05, 0.1) is 22.8 Å². The molecule has 2 atom stereocenters. The number of hydrogen-bond donors (Lipinski definition) is 2. The van der Waals surface area contributed by atoms with Crippen LogP contribution in [-0.2, 0) is 9.47 Å². The number of rotatable bonds is 5. The molecule has 0 bridgehead atoms. The first-order valence-corrected chi connectivity index (χ1v) is 6.36. The molecule has 0 aromatic rings. The van der Waals surface area contributed by atoms with E-state index >= 15 is 0 Å². The Hall–Kier alpha value is -0.160. The molecule has 0 aromatic carbocycles. The molecule has 1 rings (SSSR count). The molecule has 4 nitrogen and oxygen atoms in total. The van der Waals surface area contributed by atoms with Crippen LogP contribution in [0.4, 0.5) is 0 Å². The number of nitrogens with one attached hydrogen (secondary N) is 1. The molecule has 4 heteroatoms. The molecule has 0 saturated carbocycles. The van der Waals surface area contributed by atoms with Crippen LogP contribution in [0.3, 0.4) is 0 Å². The van der Waals surface area contributed by atoms with E-state index in [-0.39, 0.29) is 22.8 Å². The van der Waals surface area contributed by atoms with Gasteiger partial charge in [0.25, 0.3) is 0 Å². The second-order valence-electron chi connectivity index (χ2n) is 6.26. The van der Waals surface area contributed by atoms with E-state index in [0.29, 0.717) is 6.54 Å². The van der Waals surface area contributed by atoms with Gasteiger partial charge in [-0.1, -0.05) is 0 Å². The van der Waals surface area contributed by atoms with Crippen LogP contribution < -0.4 is 11.1 Å². The van der Waals surface area contributed by atoms with Crippen molar-refractivity contribution in [1.82, 2.24) is 5.32 Å². The average Bonchev–Trinajstić information content (AvgIpc) is 2.40. The number of nitrogens with two attached hydrogens (primary N) is 1. The van der Waals surface area contributed by atoms with Crippen LogP contribution in [0, 0.1) is 0 Å². The van der Waals surface area contributed by atoms with E-state index in [1.807, 2.05) is 6.92 Å². The molecular weight excluding hydrogens is 216 g/mol. The van der Waals surface area contributed by atoms with Crippen molar-refractivity contribution in [2.24, 2.45) is 5.73 Å². The maximum atomic E-state index is 6.13. The lowest BCUT2D eigenvalue weighted by Crippen LogP contribution is -2.62. The fourth-order valence-corrected chi connectivity index (χ4v) is 2.85. The van der Waals surface area contributed by atoms with E-state index in [2.05, 4.69) is 33.0 Å². The van der Waals surface area contributed by atoms with Gasteiger partial charge in [-0.25, -0.2) is 0 Å². The molecule has 0 radical (unpaired) electrons. The van der Waals surface area contributed by atoms with Gasteiger partial charge in [-0.15, -0.1) is 0 Å². The summed E-state index contributed by atoms with van der Waals surface area (Å²) in [6.45, 7) is 11.9. The predicted molar refractivity (Wildman–Crippen MR) is 70.1 cm³/mol. The molecule has 0 aliphatic carbocycles. The summed E-state index contributed by atoms with van der Waals surface area (Å²) in [6.07, 6.45) is 1.10. The molecule has 102 valence electrons. The quantitative estimate of drug-likeness (QED) is 0.765. The lowest BCUT2D eigenvalue weighted by atomic mass is 9.79. The van der Waals surface area contributed by atoms with Gasteiger partial charge in [-0.2, -0.15) is 0 Å². The molecular formula is C13H28N2O2. The minimum Gasteiger partial charge on any atom is -0.380 e. The smallest absolute Gasteiger partial charge is 0.0827 e. The summed E-state index contributed by atoms with van der Waals surface area (Å²) in [4.78, 5) is 0. The van der Waals surface area contributed by atoms with Gasteiger partial charge in [0.1, 0.15) is 0 Å². The molecule has 1 fully saturated rings. The third-order valence-corrected chi connectivity index (χ3v) is 3.89. The minimum absolute atomic E-state index is 0.133. The first kappa shape index (κ1) is 14.9. The van der Waals surface area contributed by atoms with Crippen LogP contribution in [-0.4, -0.2) is 43.0 Å². The molecule has 0 spiro atoms. The van der Waals surface area contributed by atoms with Crippen molar-refractivity contribution >= 4 is 0 Å². The Bertz CT molecular complexity index is 266. The largest absolute Gasteiger partial charge is 0.380 e. The summed E-state index contributed by atoms with van der Waals surface area (Å²) in [5.74, 6) is 0. The van der Waals surface area contributed by atoms with E-state index in [9.17, 15) is 0 Å². The van der Waals surface area contributed by atoms with Crippen molar-refractivity contribution in [2.75, 3.05) is 20.2 Å².